The van der Waals surface area contributed by atoms with Crippen LogP contribution in [0.1, 0.15) is 22.3 Å². The van der Waals surface area contributed by atoms with E-state index in [1.54, 1.807) is 0 Å². The van der Waals surface area contributed by atoms with Crippen LogP contribution in [0.2, 0.25) is 0 Å². The molecule has 2 aromatic rings. The molecule has 19 heavy (non-hydrogen) atoms. The van der Waals surface area contributed by atoms with E-state index in [2.05, 4.69) is 31.7 Å². The smallest absolute Gasteiger partial charge is 0.124 e. The van der Waals surface area contributed by atoms with Gasteiger partial charge in [0.25, 0.3) is 0 Å². The topological polar surface area (TPSA) is 35.2 Å². The summed E-state index contributed by atoms with van der Waals surface area (Å²) in [4.78, 5) is 0. The van der Waals surface area contributed by atoms with Crippen molar-refractivity contribution in [3.63, 3.8) is 0 Å². The van der Waals surface area contributed by atoms with E-state index in [4.69, 9.17) is 10.5 Å². The zero-order valence-corrected chi connectivity index (χ0v) is 11.2. The van der Waals surface area contributed by atoms with E-state index in [1.807, 2.05) is 30.3 Å². The Kier molecular flexibility index (Phi) is 4.37. The molecule has 0 aliphatic rings. The number of aryl methyl sites for hydroxylation is 1. The third-order valence-electron chi connectivity index (χ3n) is 3.09. The molecular formula is C17H19NO. The Morgan fingerprint density at radius 2 is 1.95 bits per heavy atom. The summed E-state index contributed by atoms with van der Waals surface area (Å²) in [7, 11) is 0. The molecule has 0 saturated heterocycles. The third-order valence-corrected chi connectivity index (χ3v) is 3.09. The first kappa shape index (κ1) is 13.4. The quantitative estimate of drug-likeness (QED) is 0.882. The summed E-state index contributed by atoms with van der Waals surface area (Å²) >= 11 is 0. The van der Waals surface area contributed by atoms with Crippen molar-refractivity contribution in [1.29, 1.82) is 0 Å². The van der Waals surface area contributed by atoms with E-state index in [9.17, 15) is 0 Å². The number of rotatable bonds is 5. The maximum absolute atomic E-state index is 5.88. The lowest BCUT2D eigenvalue weighted by molar-refractivity contribution is 0.302. The van der Waals surface area contributed by atoms with Crippen LogP contribution in [0.3, 0.4) is 0 Å². The maximum Gasteiger partial charge on any atom is 0.124 e. The van der Waals surface area contributed by atoms with Crippen molar-refractivity contribution in [3.8, 4) is 5.75 Å². The molecule has 0 amide bonds. The first-order valence-corrected chi connectivity index (χ1v) is 6.37. The summed E-state index contributed by atoms with van der Waals surface area (Å²) in [6.07, 6.45) is 1.85. The van der Waals surface area contributed by atoms with E-state index in [0.29, 0.717) is 13.2 Å². The van der Waals surface area contributed by atoms with E-state index in [1.165, 1.54) is 5.56 Å². The van der Waals surface area contributed by atoms with Crippen molar-refractivity contribution in [3.05, 3.63) is 71.3 Å². The van der Waals surface area contributed by atoms with E-state index >= 15 is 0 Å². The van der Waals surface area contributed by atoms with Crippen LogP contribution in [0, 0.1) is 6.92 Å². The molecule has 0 aliphatic heterocycles. The molecule has 0 saturated carbocycles. The molecule has 0 aliphatic carbocycles. The average molecular weight is 253 g/mol. The van der Waals surface area contributed by atoms with Gasteiger partial charge in [-0.3, -0.25) is 0 Å². The third kappa shape index (κ3) is 3.24. The Balaban J connectivity index is 2.18. The Labute approximate surface area is 114 Å². The zero-order chi connectivity index (χ0) is 13.7. The first-order chi connectivity index (χ1) is 9.24. The van der Waals surface area contributed by atoms with E-state index in [-0.39, 0.29) is 0 Å². The van der Waals surface area contributed by atoms with Crippen molar-refractivity contribution in [2.45, 2.75) is 20.1 Å². The minimum Gasteiger partial charge on any atom is -0.489 e. The number of benzene rings is 2. The number of hydrogen-bond acceptors (Lipinski definition) is 2. The van der Waals surface area contributed by atoms with Crippen LogP contribution >= 0.6 is 0 Å². The van der Waals surface area contributed by atoms with Gasteiger partial charge in [-0.15, -0.1) is 0 Å². The van der Waals surface area contributed by atoms with Gasteiger partial charge in [-0.05, 0) is 24.1 Å². The highest BCUT2D eigenvalue weighted by atomic mass is 16.5. The lowest BCUT2D eigenvalue weighted by Crippen LogP contribution is -2.03. The standard InChI is InChI=1S/C17H19NO/c1-3-14-9-8-13(2)10-16(14)12-19-17-7-5-4-6-15(17)11-18/h3-10H,1,11-12,18H2,2H3. The first-order valence-electron chi connectivity index (χ1n) is 6.37. The highest BCUT2D eigenvalue weighted by Gasteiger charge is 2.04. The summed E-state index contributed by atoms with van der Waals surface area (Å²) in [6, 6.07) is 14.1. The van der Waals surface area contributed by atoms with Gasteiger partial charge in [0.1, 0.15) is 12.4 Å². The Hall–Kier alpha value is -2.06. The fourth-order valence-electron chi connectivity index (χ4n) is 2.03. The van der Waals surface area contributed by atoms with Gasteiger partial charge in [0.05, 0.1) is 0 Å². The number of hydrogen-bond donors (Lipinski definition) is 1. The van der Waals surface area contributed by atoms with Crippen LogP contribution in [0.4, 0.5) is 0 Å². The van der Waals surface area contributed by atoms with Crippen LogP contribution < -0.4 is 10.5 Å². The van der Waals surface area contributed by atoms with Crippen molar-refractivity contribution < 1.29 is 4.74 Å². The summed E-state index contributed by atoms with van der Waals surface area (Å²) in [5.41, 5.74) is 10.2. The van der Waals surface area contributed by atoms with Gasteiger partial charge in [-0.2, -0.15) is 0 Å². The second-order valence-corrected chi connectivity index (χ2v) is 4.51. The number of ether oxygens (including phenoxy) is 1. The molecule has 2 aromatic carbocycles. The number of para-hydroxylation sites is 1. The predicted octanol–water partition coefficient (Wildman–Crippen LogP) is 3.68. The molecule has 2 nitrogen and oxygen atoms in total. The summed E-state index contributed by atoms with van der Waals surface area (Å²) < 4.78 is 5.88. The fourth-order valence-corrected chi connectivity index (χ4v) is 2.03. The largest absolute Gasteiger partial charge is 0.489 e. The molecule has 0 aromatic heterocycles. The van der Waals surface area contributed by atoms with E-state index < -0.39 is 0 Å². The second kappa shape index (κ2) is 6.21. The molecule has 0 spiro atoms. The fraction of sp³-hybridized carbons (Fsp3) is 0.176. The summed E-state index contributed by atoms with van der Waals surface area (Å²) in [5.74, 6) is 0.849. The van der Waals surface area contributed by atoms with Gasteiger partial charge in [0, 0.05) is 12.1 Å². The SMILES string of the molecule is C=Cc1ccc(C)cc1COc1ccccc1CN. The van der Waals surface area contributed by atoms with Crippen LogP contribution in [0.15, 0.2) is 49.0 Å². The molecule has 0 heterocycles. The lowest BCUT2D eigenvalue weighted by Gasteiger charge is -2.12. The van der Waals surface area contributed by atoms with Gasteiger partial charge in [0.2, 0.25) is 0 Å². The monoisotopic (exact) mass is 253 g/mol. The molecule has 0 radical (unpaired) electrons. The zero-order valence-electron chi connectivity index (χ0n) is 11.2. The molecule has 2 N–H and O–H groups in total. The number of nitrogens with two attached hydrogens (primary N) is 1. The van der Waals surface area contributed by atoms with Crippen LogP contribution in [0.25, 0.3) is 6.08 Å². The van der Waals surface area contributed by atoms with Gasteiger partial charge in [-0.1, -0.05) is 54.6 Å². The van der Waals surface area contributed by atoms with Crippen LogP contribution in [-0.2, 0) is 13.2 Å². The van der Waals surface area contributed by atoms with Crippen molar-refractivity contribution >= 4 is 6.08 Å². The molecule has 0 atom stereocenters. The maximum atomic E-state index is 5.88. The van der Waals surface area contributed by atoms with E-state index in [0.717, 1.165) is 22.4 Å². The molecule has 2 rings (SSSR count). The average Bonchev–Trinajstić information content (AvgIpc) is 2.45. The molecular weight excluding hydrogens is 234 g/mol. The van der Waals surface area contributed by atoms with Gasteiger partial charge >= 0.3 is 0 Å². The molecule has 0 fully saturated rings. The molecule has 0 unspecified atom stereocenters. The van der Waals surface area contributed by atoms with Gasteiger partial charge in [0.15, 0.2) is 0 Å². The van der Waals surface area contributed by atoms with Gasteiger partial charge in [-0.25, -0.2) is 0 Å². The molecule has 2 heteroatoms. The van der Waals surface area contributed by atoms with Crippen molar-refractivity contribution in [2.75, 3.05) is 0 Å². The predicted molar refractivity (Wildman–Crippen MR) is 79.9 cm³/mol. The highest BCUT2D eigenvalue weighted by molar-refractivity contribution is 5.52. The molecule has 98 valence electrons. The van der Waals surface area contributed by atoms with Crippen molar-refractivity contribution in [2.24, 2.45) is 5.73 Å². The van der Waals surface area contributed by atoms with Gasteiger partial charge < -0.3 is 10.5 Å². The lowest BCUT2D eigenvalue weighted by atomic mass is 10.1. The minimum atomic E-state index is 0.484. The Morgan fingerprint density at radius 3 is 2.68 bits per heavy atom. The summed E-state index contributed by atoms with van der Waals surface area (Å²) in [5, 5.41) is 0. The van der Waals surface area contributed by atoms with Crippen LogP contribution in [-0.4, -0.2) is 0 Å². The highest BCUT2D eigenvalue weighted by Crippen LogP contribution is 2.20. The normalized spacial score (nSPS) is 10.2. The van der Waals surface area contributed by atoms with Crippen LogP contribution in [0.5, 0.6) is 5.75 Å². The minimum absolute atomic E-state index is 0.484. The summed E-state index contributed by atoms with van der Waals surface area (Å²) in [6.45, 7) is 6.92. The Morgan fingerprint density at radius 1 is 1.16 bits per heavy atom. The second-order valence-electron chi connectivity index (χ2n) is 4.51. The Bertz CT molecular complexity index is 575. The molecule has 0 bridgehead atoms. The van der Waals surface area contributed by atoms with Crippen molar-refractivity contribution in [1.82, 2.24) is 0 Å².